The molecule has 0 spiro atoms. The predicted octanol–water partition coefficient (Wildman–Crippen LogP) is 4.24. The summed E-state index contributed by atoms with van der Waals surface area (Å²) in [6.45, 7) is 6.56. The maximum absolute atomic E-state index is 12.5. The van der Waals surface area contributed by atoms with Crippen molar-refractivity contribution in [2.75, 3.05) is 6.54 Å². The lowest BCUT2D eigenvalue weighted by atomic mass is 10.1. The Labute approximate surface area is 148 Å². The van der Waals surface area contributed by atoms with Crippen molar-refractivity contribution in [3.05, 3.63) is 65.4 Å². The Kier molecular flexibility index (Phi) is 5.08. The Bertz CT molecular complexity index is 880. The fourth-order valence-corrected chi connectivity index (χ4v) is 3.06. The first-order valence-corrected chi connectivity index (χ1v) is 8.66. The molecule has 0 aliphatic rings. The fraction of sp³-hybridized carbons (Fsp3) is 0.286. The molecule has 0 fully saturated rings. The van der Waals surface area contributed by atoms with Crippen LogP contribution in [0.25, 0.3) is 10.9 Å². The number of aromatic nitrogens is 1. The van der Waals surface area contributed by atoms with Gasteiger partial charge >= 0.3 is 0 Å². The molecular weight excluding hydrogens is 312 g/mol. The van der Waals surface area contributed by atoms with Crippen molar-refractivity contribution >= 4 is 16.8 Å². The summed E-state index contributed by atoms with van der Waals surface area (Å²) in [4.78, 5) is 15.9. The maximum atomic E-state index is 12.5. The molecular formula is C21H24N2O2. The lowest BCUT2D eigenvalue weighted by Gasteiger charge is -2.14. The highest BCUT2D eigenvalue weighted by Gasteiger charge is 2.13. The molecule has 0 bridgehead atoms. The molecule has 0 saturated carbocycles. The Morgan fingerprint density at radius 1 is 1.12 bits per heavy atom. The van der Waals surface area contributed by atoms with Crippen molar-refractivity contribution in [2.24, 2.45) is 0 Å². The Hall–Kier alpha value is -2.75. The summed E-state index contributed by atoms with van der Waals surface area (Å²) < 4.78 is 5.73. The van der Waals surface area contributed by atoms with Crippen LogP contribution in [0, 0.1) is 6.92 Å². The average molecular weight is 336 g/mol. The highest BCUT2D eigenvalue weighted by atomic mass is 16.5. The number of ether oxygens (including phenoxy) is 1. The van der Waals surface area contributed by atoms with Crippen LogP contribution in [-0.4, -0.2) is 23.5 Å². The maximum Gasteiger partial charge on any atom is 0.255 e. The second-order valence-corrected chi connectivity index (χ2v) is 6.44. The molecule has 0 aliphatic heterocycles. The predicted molar refractivity (Wildman–Crippen MR) is 101 cm³/mol. The van der Waals surface area contributed by atoms with E-state index >= 15 is 0 Å². The SMILES string of the molecule is Cc1[nH]c2ccccc2c1CCNC(=O)c1ccccc1OC(C)C. The zero-order valence-corrected chi connectivity index (χ0v) is 14.9. The van der Waals surface area contributed by atoms with Crippen LogP contribution in [-0.2, 0) is 6.42 Å². The first-order valence-electron chi connectivity index (χ1n) is 8.66. The first-order chi connectivity index (χ1) is 12.1. The minimum atomic E-state index is -0.103. The number of carbonyl (C=O) groups excluding carboxylic acids is 1. The van der Waals surface area contributed by atoms with Crippen molar-refractivity contribution in [1.82, 2.24) is 10.3 Å². The number of rotatable bonds is 6. The van der Waals surface area contributed by atoms with Gasteiger partial charge in [-0.05, 0) is 51.0 Å². The molecule has 2 N–H and O–H groups in total. The summed E-state index contributed by atoms with van der Waals surface area (Å²) in [6, 6.07) is 15.6. The first kappa shape index (κ1) is 17.1. The number of aryl methyl sites for hydroxylation is 1. The van der Waals surface area contributed by atoms with Gasteiger partial charge < -0.3 is 15.0 Å². The summed E-state index contributed by atoms with van der Waals surface area (Å²) >= 11 is 0. The van der Waals surface area contributed by atoms with Crippen LogP contribution < -0.4 is 10.1 Å². The van der Waals surface area contributed by atoms with Gasteiger partial charge in [-0.3, -0.25) is 4.79 Å². The van der Waals surface area contributed by atoms with E-state index in [9.17, 15) is 4.79 Å². The Morgan fingerprint density at radius 3 is 2.64 bits per heavy atom. The van der Waals surface area contributed by atoms with E-state index in [2.05, 4.69) is 29.4 Å². The number of nitrogens with one attached hydrogen (secondary N) is 2. The van der Waals surface area contributed by atoms with E-state index in [1.807, 2.05) is 44.2 Å². The molecule has 0 saturated heterocycles. The molecule has 2 aromatic carbocycles. The zero-order chi connectivity index (χ0) is 17.8. The van der Waals surface area contributed by atoms with Gasteiger partial charge in [0.25, 0.3) is 5.91 Å². The number of para-hydroxylation sites is 2. The normalized spacial score (nSPS) is 11.0. The molecule has 0 radical (unpaired) electrons. The molecule has 130 valence electrons. The third-order valence-corrected chi connectivity index (χ3v) is 4.18. The molecule has 0 aliphatic carbocycles. The van der Waals surface area contributed by atoms with E-state index in [0.29, 0.717) is 17.9 Å². The molecule has 4 heteroatoms. The minimum absolute atomic E-state index is 0.0304. The third kappa shape index (κ3) is 3.85. The smallest absolute Gasteiger partial charge is 0.255 e. The molecule has 1 aromatic heterocycles. The van der Waals surface area contributed by atoms with Crippen molar-refractivity contribution in [3.63, 3.8) is 0 Å². The molecule has 3 rings (SSSR count). The third-order valence-electron chi connectivity index (χ3n) is 4.18. The van der Waals surface area contributed by atoms with E-state index in [0.717, 1.165) is 17.6 Å². The molecule has 0 atom stereocenters. The monoisotopic (exact) mass is 336 g/mol. The molecule has 25 heavy (non-hydrogen) atoms. The minimum Gasteiger partial charge on any atom is -0.490 e. The van der Waals surface area contributed by atoms with E-state index in [1.165, 1.54) is 10.9 Å². The Morgan fingerprint density at radius 2 is 1.84 bits per heavy atom. The second kappa shape index (κ2) is 7.43. The van der Waals surface area contributed by atoms with Gasteiger partial charge in [0.05, 0.1) is 11.7 Å². The standard InChI is InChI=1S/C21H24N2O2/c1-14(2)25-20-11-7-5-9-18(20)21(24)22-13-12-16-15(3)23-19-10-6-4-8-17(16)19/h4-11,14,23H,12-13H2,1-3H3,(H,22,24). The summed E-state index contributed by atoms with van der Waals surface area (Å²) in [6.07, 6.45) is 0.817. The summed E-state index contributed by atoms with van der Waals surface area (Å²) in [5.74, 6) is 0.520. The summed E-state index contributed by atoms with van der Waals surface area (Å²) in [5.41, 5.74) is 4.12. The van der Waals surface area contributed by atoms with Gasteiger partial charge in [-0.25, -0.2) is 0 Å². The summed E-state index contributed by atoms with van der Waals surface area (Å²) in [5, 5.41) is 4.23. The quantitative estimate of drug-likeness (QED) is 0.707. The average Bonchev–Trinajstić information content (AvgIpc) is 2.90. The number of aromatic amines is 1. The van der Waals surface area contributed by atoms with E-state index in [1.54, 1.807) is 6.07 Å². The Balaban J connectivity index is 1.68. The molecule has 4 nitrogen and oxygen atoms in total. The number of hydrogen-bond acceptors (Lipinski definition) is 2. The van der Waals surface area contributed by atoms with Crippen molar-refractivity contribution in [3.8, 4) is 5.75 Å². The van der Waals surface area contributed by atoms with E-state index in [-0.39, 0.29) is 12.0 Å². The fourth-order valence-electron chi connectivity index (χ4n) is 3.06. The van der Waals surface area contributed by atoms with Crippen LogP contribution in [0.2, 0.25) is 0 Å². The van der Waals surface area contributed by atoms with Gasteiger partial charge in [-0.2, -0.15) is 0 Å². The van der Waals surface area contributed by atoms with E-state index < -0.39 is 0 Å². The lowest BCUT2D eigenvalue weighted by molar-refractivity contribution is 0.0948. The van der Waals surface area contributed by atoms with Gasteiger partial charge in [0.15, 0.2) is 0 Å². The second-order valence-electron chi connectivity index (χ2n) is 6.44. The van der Waals surface area contributed by atoms with Crippen LogP contribution in [0.4, 0.5) is 0 Å². The number of hydrogen-bond donors (Lipinski definition) is 2. The molecule has 1 heterocycles. The van der Waals surface area contributed by atoms with Gasteiger partial charge in [-0.1, -0.05) is 30.3 Å². The van der Waals surface area contributed by atoms with Crippen molar-refractivity contribution in [1.29, 1.82) is 0 Å². The lowest BCUT2D eigenvalue weighted by Crippen LogP contribution is -2.26. The van der Waals surface area contributed by atoms with Gasteiger partial charge in [0.2, 0.25) is 0 Å². The van der Waals surface area contributed by atoms with Crippen molar-refractivity contribution < 1.29 is 9.53 Å². The van der Waals surface area contributed by atoms with Crippen LogP contribution >= 0.6 is 0 Å². The molecule has 0 unspecified atom stereocenters. The largest absolute Gasteiger partial charge is 0.490 e. The van der Waals surface area contributed by atoms with Crippen LogP contribution in [0.5, 0.6) is 5.75 Å². The zero-order valence-electron chi connectivity index (χ0n) is 14.9. The molecule has 1 amide bonds. The number of fused-ring (bicyclic) bond motifs is 1. The van der Waals surface area contributed by atoms with Crippen LogP contribution in [0.15, 0.2) is 48.5 Å². The molecule has 3 aromatic rings. The highest BCUT2D eigenvalue weighted by Crippen LogP contribution is 2.22. The van der Waals surface area contributed by atoms with Crippen LogP contribution in [0.3, 0.4) is 0 Å². The van der Waals surface area contributed by atoms with Crippen LogP contribution in [0.1, 0.15) is 35.5 Å². The van der Waals surface area contributed by atoms with Gasteiger partial charge in [0.1, 0.15) is 5.75 Å². The number of amides is 1. The van der Waals surface area contributed by atoms with Gasteiger partial charge in [0, 0.05) is 23.1 Å². The topological polar surface area (TPSA) is 54.1 Å². The van der Waals surface area contributed by atoms with Gasteiger partial charge in [-0.15, -0.1) is 0 Å². The highest BCUT2D eigenvalue weighted by molar-refractivity contribution is 5.97. The van der Waals surface area contributed by atoms with Crippen molar-refractivity contribution in [2.45, 2.75) is 33.3 Å². The number of benzene rings is 2. The number of H-pyrrole nitrogens is 1. The van der Waals surface area contributed by atoms with E-state index in [4.69, 9.17) is 4.74 Å². The number of carbonyl (C=O) groups is 1. The summed E-state index contributed by atoms with van der Waals surface area (Å²) in [7, 11) is 0.